The zero-order valence-electron chi connectivity index (χ0n) is 16.3. The summed E-state index contributed by atoms with van der Waals surface area (Å²) in [7, 11) is -3.47. The van der Waals surface area contributed by atoms with Crippen molar-refractivity contribution in [2.75, 3.05) is 0 Å². The number of carboxylic acid groups (broad SMARTS) is 1. The van der Waals surface area contributed by atoms with Crippen LogP contribution in [0.5, 0.6) is 0 Å². The molecule has 2 heterocycles. The summed E-state index contributed by atoms with van der Waals surface area (Å²) in [6.07, 6.45) is -3.33. The number of aromatic nitrogens is 2. The molecule has 2 aromatic heterocycles. The van der Waals surface area contributed by atoms with Crippen molar-refractivity contribution in [2.24, 2.45) is 0 Å². The number of aromatic amines is 1. The number of hydrogen-bond acceptors (Lipinski definition) is 4. The van der Waals surface area contributed by atoms with Crippen LogP contribution in [0.15, 0.2) is 47.5 Å². The Morgan fingerprint density at radius 1 is 1.17 bits per heavy atom. The second-order valence-corrected chi connectivity index (χ2v) is 8.39. The Hall–Kier alpha value is -2.92. The number of H-pyrrole nitrogens is 1. The molecule has 11 heteroatoms. The quantitative estimate of drug-likeness (QED) is 0.567. The van der Waals surface area contributed by atoms with Gasteiger partial charge in [-0.15, -0.1) is 0 Å². The van der Waals surface area contributed by atoms with Gasteiger partial charge in [-0.25, -0.2) is 22.9 Å². The number of pyridine rings is 1. The number of sulfonamides is 1. The summed E-state index contributed by atoms with van der Waals surface area (Å²) in [6.45, 7) is 5.58. The molecule has 0 aliphatic carbocycles. The van der Waals surface area contributed by atoms with E-state index in [-0.39, 0.29) is 10.9 Å². The molecule has 0 saturated heterocycles. The highest BCUT2D eigenvalue weighted by atomic mass is 32.2. The largest absolute Gasteiger partial charge is 0.490 e. The number of hydrogen-bond donors (Lipinski definition) is 3. The zero-order chi connectivity index (χ0) is 22.7. The van der Waals surface area contributed by atoms with Gasteiger partial charge in [-0.1, -0.05) is 12.1 Å². The molecule has 3 N–H and O–H groups in total. The van der Waals surface area contributed by atoms with Crippen molar-refractivity contribution in [3.63, 3.8) is 0 Å². The number of nitrogens with one attached hydrogen (secondary N) is 2. The minimum Gasteiger partial charge on any atom is -0.475 e. The SMILES string of the molecule is Cc1cc2c(-c3ccc(S(=O)(=O)NC(C)C)cc3)ccnc2[nH]1.O=C(O)C(F)(F)F. The van der Waals surface area contributed by atoms with Crippen LogP contribution in [0, 0.1) is 6.92 Å². The topological polar surface area (TPSA) is 112 Å². The third-order valence-corrected chi connectivity index (χ3v) is 5.45. The summed E-state index contributed by atoms with van der Waals surface area (Å²) >= 11 is 0. The van der Waals surface area contributed by atoms with Gasteiger partial charge < -0.3 is 10.1 Å². The van der Waals surface area contributed by atoms with Crippen molar-refractivity contribution in [2.45, 2.75) is 37.9 Å². The number of carboxylic acids is 1. The van der Waals surface area contributed by atoms with Crippen LogP contribution < -0.4 is 4.72 Å². The van der Waals surface area contributed by atoms with Crippen LogP contribution in [0.4, 0.5) is 13.2 Å². The molecule has 0 atom stereocenters. The molecule has 0 aliphatic rings. The first kappa shape index (κ1) is 23.4. The molecule has 0 radical (unpaired) electrons. The summed E-state index contributed by atoms with van der Waals surface area (Å²) < 4.78 is 58.7. The Morgan fingerprint density at radius 2 is 1.73 bits per heavy atom. The molecule has 0 spiro atoms. The lowest BCUT2D eigenvalue weighted by Crippen LogP contribution is -2.30. The maximum Gasteiger partial charge on any atom is 0.490 e. The molecule has 0 bridgehead atoms. The van der Waals surface area contributed by atoms with Gasteiger partial charge in [-0.2, -0.15) is 13.2 Å². The summed E-state index contributed by atoms with van der Waals surface area (Å²) in [5, 5.41) is 8.15. The fraction of sp³-hybridized carbons (Fsp3) is 0.263. The van der Waals surface area contributed by atoms with E-state index in [1.807, 2.05) is 31.2 Å². The predicted molar refractivity (Wildman–Crippen MR) is 105 cm³/mol. The number of aryl methyl sites for hydroxylation is 1. The highest BCUT2D eigenvalue weighted by molar-refractivity contribution is 7.89. The van der Waals surface area contributed by atoms with Crippen LogP contribution in [0.25, 0.3) is 22.2 Å². The highest BCUT2D eigenvalue weighted by Gasteiger charge is 2.38. The molecule has 0 saturated carbocycles. The number of nitrogens with zero attached hydrogens (tertiary/aromatic N) is 1. The monoisotopic (exact) mass is 443 g/mol. The number of aliphatic carboxylic acids is 1. The summed E-state index contributed by atoms with van der Waals surface area (Å²) in [5.41, 5.74) is 3.86. The third-order valence-electron chi connectivity index (χ3n) is 3.78. The normalized spacial score (nSPS) is 12.0. The lowest BCUT2D eigenvalue weighted by Gasteiger charge is -2.10. The van der Waals surface area contributed by atoms with E-state index in [1.54, 1.807) is 32.2 Å². The van der Waals surface area contributed by atoms with Gasteiger partial charge in [0.1, 0.15) is 5.65 Å². The second-order valence-electron chi connectivity index (χ2n) is 6.68. The van der Waals surface area contributed by atoms with Gasteiger partial charge in [0, 0.05) is 23.3 Å². The fourth-order valence-electron chi connectivity index (χ4n) is 2.60. The van der Waals surface area contributed by atoms with Crippen LogP contribution in [-0.4, -0.2) is 41.7 Å². The van der Waals surface area contributed by atoms with Crippen molar-refractivity contribution in [3.05, 3.63) is 48.3 Å². The highest BCUT2D eigenvalue weighted by Crippen LogP contribution is 2.28. The summed E-state index contributed by atoms with van der Waals surface area (Å²) in [6, 6.07) is 10.8. The van der Waals surface area contributed by atoms with E-state index >= 15 is 0 Å². The number of alkyl halides is 3. The van der Waals surface area contributed by atoms with Gasteiger partial charge in [0.2, 0.25) is 10.0 Å². The van der Waals surface area contributed by atoms with Gasteiger partial charge in [-0.3, -0.25) is 0 Å². The van der Waals surface area contributed by atoms with Gasteiger partial charge in [0.25, 0.3) is 0 Å². The van der Waals surface area contributed by atoms with Crippen LogP contribution in [-0.2, 0) is 14.8 Å². The molecule has 0 aliphatic heterocycles. The third kappa shape index (κ3) is 5.80. The Labute approximate surface area is 171 Å². The first-order chi connectivity index (χ1) is 13.8. The maximum atomic E-state index is 12.2. The number of halogens is 3. The molecular formula is C19H20F3N3O4S. The number of rotatable bonds is 4. The van der Waals surface area contributed by atoms with E-state index in [9.17, 15) is 21.6 Å². The smallest absolute Gasteiger partial charge is 0.475 e. The zero-order valence-corrected chi connectivity index (χ0v) is 17.1. The average Bonchev–Trinajstić information content (AvgIpc) is 3.00. The van der Waals surface area contributed by atoms with Crippen LogP contribution in [0.3, 0.4) is 0 Å². The van der Waals surface area contributed by atoms with Gasteiger partial charge in [0.05, 0.1) is 4.90 Å². The molecule has 30 heavy (non-hydrogen) atoms. The van der Waals surface area contributed by atoms with Gasteiger partial charge >= 0.3 is 12.1 Å². The van der Waals surface area contributed by atoms with E-state index < -0.39 is 22.2 Å². The molecule has 7 nitrogen and oxygen atoms in total. The van der Waals surface area contributed by atoms with Crippen molar-refractivity contribution in [3.8, 4) is 11.1 Å². The molecule has 162 valence electrons. The first-order valence-corrected chi connectivity index (χ1v) is 10.2. The van der Waals surface area contributed by atoms with E-state index in [4.69, 9.17) is 9.90 Å². The lowest BCUT2D eigenvalue weighted by molar-refractivity contribution is -0.192. The molecule has 0 unspecified atom stereocenters. The van der Waals surface area contributed by atoms with E-state index in [2.05, 4.69) is 14.7 Å². The Morgan fingerprint density at radius 3 is 2.23 bits per heavy atom. The van der Waals surface area contributed by atoms with Crippen LogP contribution in [0.2, 0.25) is 0 Å². The van der Waals surface area contributed by atoms with Crippen molar-refractivity contribution in [1.29, 1.82) is 0 Å². The number of carbonyl (C=O) groups is 1. The average molecular weight is 443 g/mol. The molecule has 1 aromatic carbocycles. The molecule has 3 aromatic rings. The van der Waals surface area contributed by atoms with Gasteiger partial charge in [-0.05, 0) is 56.2 Å². The molecule has 0 amide bonds. The predicted octanol–water partition coefficient (Wildman–Crippen LogP) is 3.86. The molecule has 3 rings (SSSR count). The second kappa shape index (κ2) is 8.84. The Kier molecular flexibility index (Phi) is 6.88. The Bertz CT molecular complexity index is 1140. The molecule has 0 fully saturated rings. The van der Waals surface area contributed by atoms with E-state index in [1.165, 1.54) is 0 Å². The van der Waals surface area contributed by atoms with Crippen molar-refractivity contribution < 1.29 is 31.5 Å². The fourth-order valence-corrected chi connectivity index (χ4v) is 3.85. The van der Waals surface area contributed by atoms with Crippen LogP contribution in [0.1, 0.15) is 19.5 Å². The maximum absolute atomic E-state index is 12.2. The lowest BCUT2D eigenvalue weighted by atomic mass is 10.0. The minimum absolute atomic E-state index is 0.137. The van der Waals surface area contributed by atoms with Gasteiger partial charge in [0.15, 0.2) is 0 Å². The van der Waals surface area contributed by atoms with E-state index in [0.29, 0.717) is 0 Å². The van der Waals surface area contributed by atoms with E-state index in [0.717, 1.165) is 27.9 Å². The summed E-state index contributed by atoms with van der Waals surface area (Å²) in [4.78, 5) is 16.7. The van der Waals surface area contributed by atoms with Crippen LogP contribution >= 0.6 is 0 Å². The Balaban J connectivity index is 0.000000396. The first-order valence-electron chi connectivity index (χ1n) is 8.68. The van der Waals surface area contributed by atoms with Crippen molar-refractivity contribution in [1.82, 2.24) is 14.7 Å². The van der Waals surface area contributed by atoms with Crippen molar-refractivity contribution >= 4 is 27.0 Å². The molecular weight excluding hydrogens is 423 g/mol. The minimum atomic E-state index is -5.08. The standard InChI is InChI=1S/C17H19N3O2S.C2HF3O2/c1-11(2)20-23(21,22)14-6-4-13(5-7-14)15-8-9-18-17-16(15)10-12(3)19-17;3-2(4,5)1(6)7/h4-11,20H,1-3H3,(H,18,19);(H,6,7). The summed E-state index contributed by atoms with van der Waals surface area (Å²) in [5.74, 6) is -2.76. The number of fused-ring (bicyclic) bond motifs is 1. The number of benzene rings is 1.